The first kappa shape index (κ1) is 20.5. The number of hydrogen-bond donors (Lipinski definition) is 1. The first-order valence-electron chi connectivity index (χ1n) is 11.4. The van der Waals surface area contributed by atoms with Crippen molar-refractivity contribution in [2.45, 2.75) is 50.7 Å². The molecule has 1 aliphatic carbocycles. The van der Waals surface area contributed by atoms with Gasteiger partial charge in [0, 0.05) is 17.8 Å². The molecule has 0 bridgehead atoms. The lowest BCUT2D eigenvalue weighted by atomic mass is 9.84. The second kappa shape index (κ2) is 8.99. The summed E-state index contributed by atoms with van der Waals surface area (Å²) in [5.41, 5.74) is 2.45. The quantitative estimate of drug-likeness (QED) is 0.657. The van der Waals surface area contributed by atoms with Gasteiger partial charge in [-0.2, -0.15) is 5.10 Å². The highest BCUT2D eigenvalue weighted by molar-refractivity contribution is 6.01. The van der Waals surface area contributed by atoms with Crippen LogP contribution in [0.3, 0.4) is 0 Å². The van der Waals surface area contributed by atoms with Crippen LogP contribution in [0.25, 0.3) is 0 Å². The van der Waals surface area contributed by atoms with E-state index in [-0.39, 0.29) is 17.9 Å². The lowest BCUT2D eigenvalue weighted by Crippen LogP contribution is -2.47. The summed E-state index contributed by atoms with van der Waals surface area (Å²) in [5.74, 6) is 0.232. The maximum Gasteiger partial charge on any atom is 0.254 e. The van der Waals surface area contributed by atoms with Crippen molar-refractivity contribution in [1.82, 2.24) is 14.7 Å². The van der Waals surface area contributed by atoms with Gasteiger partial charge in [0.2, 0.25) is 5.91 Å². The number of amides is 2. The lowest BCUT2D eigenvalue weighted by Gasteiger charge is -2.33. The van der Waals surface area contributed by atoms with Crippen LogP contribution >= 0.6 is 0 Å². The zero-order valence-corrected chi connectivity index (χ0v) is 18.1. The SMILES string of the molecule is O=C(Nc1cnn(Cc2ccccc2)c1)C1CC2CCCCC2N1C(=O)c1ccccc1. The Bertz CT molecular complexity index is 1080. The Kier molecular flexibility index (Phi) is 5.75. The van der Waals surface area contributed by atoms with Crippen molar-refractivity contribution in [3.05, 3.63) is 84.2 Å². The van der Waals surface area contributed by atoms with Gasteiger partial charge < -0.3 is 10.2 Å². The molecule has 2 fully saturated rings. The molecule has 2 heterocycles. The Hall–Kier alpha value is -3.41. The molecule has 164 valence electrons. The number of carbonyl (C=O) groups is 2. The third-order valence-electron chi connectivity index (χ3n) is 6.73. The van der Waals surface area contributed by atoms with Crippen LogP contribution < -0.4 is 5.32 Å². The maximum absolute atomic E-state index is 13.4. The number of benzene rings is 2. The van der Waals surface area contributed by atoms with Crippen LogP contribution in [0.5, 0.6) is 0 Å². The number of aromatic nitrogens is 2. The molecular formula is C26H28N4O2. The number of hydrogen-bond acceptors (Lipinski definition) is 3. The van der Waals surface area contributed by atoms with E-state index in [9.17, 15) is 9.59 Å². The fourth-order valence-corrected chi connectivity index (χ4v) is 5.23. The average molecular weight is 429 g/mol. The Labute approximate surface area is 188 Å². The molecule has 3 atom stereocenters. The summed E-state index contributed by atoms with van der Waals surface area (Å²) < 4.78 is 1.81. The van der Waals surface area contributed by atoms with Crippen molar-refractivity contribution in [2.75, 3.05) is 5.32 Å². The van der Waals surface area contributed by atoms with E-state index < -0.39 is 6.04 Å². The number of carbonyl (C=O) groups excluding carboxylic acids is 2. The first-order valence-corrected chi connectivity index (χ1v) is 11.4. The Morgan fingerprint density at radius 3 is 2.47 bits per heavy atom. The average Bonchev–Trinajstić information content (AvgIpc) is 3.44. The van der Waals surface area contributed by atoms with Gasteiger partial charge in [-0.25, -0.2) is 0 Å². The van der Waals surface area contributed by atoms with E-state index in [1.807, 2.05) is 76.4 Å². The van der Waals surface area contributed by atoms with Crippen LogP contribution in [-0.4, -0.2) is 38.6 Å². The molecule has 2 aromatic carbocycles. The summed E-state index contributed by atoms with van der Waals surface area (Å²) in [6, 6.07) is 19.1. The minimum Gasteiger partial charge on any atom is -0.323 e. The van der Waals surface area contributed by atoms with Crippen LogP contribution in [0.15, 0.2) is 73.1 Å². The molecule has 5 rings (SSSR count). The monoisotopic (exact) mass is 428 g/mol. The summed E-state index contributed by atoms with van der Waals surface area (Å²) in [6.45, 7) is 0.642. The third kappa shape index (κ3) is 4.17. The third-order valence-corrected chi connectivity index (χ3v) is 6.73. The Balaban J connectivity index is 1.33. The zero-order chi connectivity index (χ0) is 21.9. The largest absolute Gasteiger partial charge is 0.323 e. The van der Waals surface area contributed by atoms with E-state index in [0.717, 1.165) is 31.2 Å². The molecular weight excluding hydrogens is 400 g/mol. The molecule has 6 heteroatoms. The number of nitrogens with zero attached hydrogens (tertiary/aromatic N) is 3. The number of anilines is 1. The molecule has 3 aromatic rings. The molecule has 1 N–H and O–H groups in total. The molecule has 32 heavy (non-hydrogen) atoms. The number of likely N-dealkylation sites (tertiary alicyclic amines) is 1. The van der Waals surface area contributed by atoms with Gasteiger partial charge in [-0.15, -0.1) is 0 Å². The highest BCUT2D eigenvalue weighted by Gasteiger charge is 2.47. The van der Waals surface area contributed by atoms with Crippen LogP contribution in [0.2, 0.25) is 0 Å². The summed E-state index contributed by atoms with van der Waals surface area (Å²) in [7, 11) is 0. The lowest BCUT2D eigenvalue weighted by molar-refractivity contribution is -0.120. The normalized spacial score (nSPS) is 22.4. The Morgan fingerprint density at radius 2 is 1.69 bits per heavy atom. The number of rotatable bonds is 5. The minimum atomic E-state index is -0.451. The van der Waals surface area contributed by atoms with Crippen LogP contribution in [0.4, 0.5) is 5.69 Å². The molecule has 1 saturated carbocycles. The van der Waals surface area contributed by atoms with Gasteiger partial charge in [0.15, 0.2) is 0 Å². The van der Waals surface area contributed by atoms with Crippen LogP contribution in [0.1, 0.15) is 48.0 Å². The van der Waals surface area contributed by atoms with Crippen molar-refractivity contribution >= 4 is 17.5 Å². The predicted molar refractivity (Wildman–Crippen MR) is 123 cm³/mol. The smallest absolute Gasteiger partial charge is 0.254 e. The van der Waals surface area contributed by atoms with E-state index in [2.05, 4.69) is 10.4 Å². The molecule has 1 aromatic heterocycles. The van der Waals surface area contributed by atoms with E-state index in [4.69, 9.17) is 0 Å². The summed E-state index contributed by atoms with van der Waals surface area (Å²) in [4.78, 5) is 28.6. The van der Waals surface area contributed by atoms with Crippen molar-refractivity contribution < 1.29 is 9.59 Å². The summed E-state index contributed by atoms with van der Waals surface area (Å²) in [6.07, 6.45) is 8.59. The number of fused-ring (bicyclic) bond motifs is 1. The number of nitrogens with one attached hydrogen (secondary N) is 1. The highest BCUT2D eigenvalue weighted by Crippen LogP contribution is 2.40. The van der Waals surface area contributed by atoms with Crippen molar-refractivity contribution in [3.63, 3.8) is 0 Å². The van der Waals surface area contributed by atoms with Gasteiger partial charge in [-0.3, -0.25) is 14.3 Å². The van der Waals surface area contributed by atoms with Crippen LogP contribution in [-0.2, 0) is 11.3 Å². The van der Waals surface area contributed by atoms with E-state index in [1.165, 1.54) is 6.42 Å². The fourth-order valence-electron chi connectivity index (χ4n) is 5.23. The van der Waals surface area contributed by atoms with Crippen molar-refractivity contribution in [1.29, 1.82) is 0 Å². The molecule has 0 spiro atoms. The predicted octanol–water partition coefficient (Wildman–Crippen LogP) is 4.34. The van der Waals surface area contributed by atoms with Crippen LogP contribution in [0, 0.1) is 5.92 Å². The summed E-state index contributed by atoms with van der Waals surface area (Å²) >= 11 is 0. The zero-order valence-electron chi connectivity index (χ0n) is 18.1. The first-order chi connectivity index (χ1) is 15.7. The molecule has 2 aliphatic rings. The van der Waals surface area contributed by atoms with E-state index in [1.54, 1.807) is 6.20 Å². The molecule has 1 saturated heterocycles. The van der Waals surface area contributed by atoms with Gasteiger partial charge in [0.05, 0.1) is 18.4 Å². The second-order valence-electron chi connectivity index (χ2n) is 8.84. The standard InChI is InChI=1S/C26H28N4O2/c31-25(28-22-16-27-29(18-22)17-19-9-3-1-4-10-19)24-15-21-13-7-8-14-23(21)30(24)26(32)20-11-5-2-6-12-20/h1-6,9-12,16,18,21,23-24H,7-8,13-15,17H2,(H,28,31). The summed E-state index contributed by atoms with van der Waals surface area (Å²) in [5, 5.41) is 7.41. The molecule has 6 nitrogen and oxygen atoms in total. The van der Waals surface area contributed by atoms with E-state index in [0.29, 0.717) is 23.7 Å². The highest BCUT2D eigenvalue weighted by atomic mass is 16.2. The van der Waals surface area contributed by atoms with Gasteiger partial charge in [-0.1, -0.05) is 61.4 Å². The molecule has 2 amide bonds. The molecule has 3 unspecified atom stereocenters. The minimum absolute atomic E-state index is 0.0417. The van der Waals surface area contributed by atoms with Gasteiger partial charge in [0.1, 0.15) is 6.04 Å². The Morgan fingerprint density at radius 1 is 0.969 bits per heavy atom. The van der Waals surface area contributed by atoms with E-state index >= 15 is 0 Å². The second-order valence-corrected chi connectivity index (χ2v) is 8.84. The molecule has 0 radical (unpaired) electrons. The maximum atomic E-state index is 13.4. The van der Waals surface area contributed by atoms with Gasteiger partial charge in [-0.05, 0) is 42.9 Å². The van der Waals surface area contributed by atoms with Gasteiger partial charge in [0.25, 0.3) is 5.91 Å². The fraction of sp³-hybridized carbons (Fsp3) is 0.346. The van der Waals surface area contributed by atoms with Crippen molar-refractivity contribution in [2.24, 2.45) is 5.92 Å². The topological polar surface area (TPSA) is 67.2 Å². The van der Waals surface area contributed by atoms with Crippen molar-refractivity contribution in [3.8, 4) is 0 Å². The van der Waals surface area contributed by atoms with Gasteiger partial charge >= 0.3 is 0 Å². The molecule has 1 aliphatic heterocycles.